The smallest absolute Gasteiger partial charge is 0.264 e. The summed E-state index contributed by atoms with van der Waals surface area (Å²) in [6, 6.07) is 21.0. The van der Waals surface area contributed by atoms with Crippen molar-refractivity contribution in [3.63, 3.8) is 0 Å². The first-order valence-electron chi connectivity index (χ1n) is 8.56. The van der Waals surface area contributed by atoms with Crippen LogP contribution in [0.1, 0.15) is 12.5 Å². The van der Waals surface area contributed by atoms with Crippen molar-refractivity contribution in [1.82, 2.24) is 0 Å². The van der Waals surface area contributed by atoms with E-state index in [1.165, 1.54) is 16.4 Å². The summed E-state index contributed by atoms with van der Waals surface area (Å²) >= 11 is 0. The standard InChI is InChI=1S/C21H20FNO3S/c1-2-26-21-11-7-6-10-20(21)23(16-17-12-14-18(22)15-13-17)27(24,25)19-8-4-3-5-9-19/h3-15H,2,16H2,1H3. The Kier molecular flexibility index (Phi) is 5.76. The van der Waals surface area contributed by atoms with Crippen molar-refractivity contribution in [3.05, 3.63) is 90.2 Å². The fourth-order valence-corrected chi connectivity index (χ4v) is 4.20. The summed E-state index contributed by atoms with van der Waals surface area (Å²) in [4.78, 5) is 0.179. The SMILES string of the molecule is CCOc1ccccc1N(Cc1ccc(F)cc1)S(=O)(=O)c1ccccc1. The van der Waals surface area contributed by atoms with Gasteiger partial charge < -0.3 is 4.74 Å². The van der Waals surface area contributed by atoms with Crippen molar-refractivity contribution < 1.29 is 17.5 Å². The molecule has 140 valence electrons. The Morgan fingerprint density at radius 1 is 0.889 bits per heavy atom. The monoisotopic (exact) mass is 385 g/mol. The van der Waals surface area contributed by atoms with Crippen LogP contribution in [0, 0.1) is 5.82 Å². The number of rotatable bonds is 7. The molecule has 0 aliphatic carbocycles. The van der Waals surface area contributed by atoms with E-state index in [0.717, 1.165) is 0 Å². The molecule has 0 heterocycles. The van der Waals surface area contributed by atoms with Crippen LogP contribution >= 0.6 is 0 Å². The van der Waals surface area contributed by atoms with Crippen molar-refractivity contribution in [2.45, 2.75) is 18.4 Å². The van der Waals surface area contributed by atoms with Crippen LogP contribution in [0.5, 0.6) is 5.75 Å². The lowest BCUT2D eigenvalue weighted by molar-refractivity contribution is 0.341. The molecule has 0 N–H and O–H groups in total. The largest absolute Gasteiger partial charge is 0.492 e. The molecule has 3 rings (SSSR count). The van der Waals surface area contributed by atoms with E-state index in [9.17, 15) is 12.8 Å². The number of para-hydroxylation sites is 2. The molecule has 0 aliphatic heterocycles. The predicted octanol–water partition coefficient (Wildman–Crippen LogP) is 4.62. The quantitative estimate of drug-likeness (QED) is 0.596. The minimum absolute atomic E-state index is 0.0571. The van der Waals surface area contributed by atoms with Crippen LogP contribution in [0.4, 0.5) is 10.1 Å². The maximum atomic E-state index is 13.4. The molecule has 0 radical (unpaired) electrons. The Morgan fingerprint density at radius 3 is 2.19 bits per heavy atom. The van der Waals surface area contributed by atoms with Crippen molar-refractivity contribution in [2.24, 2.45) is 0 Å². The summed E-state index contributed by atoms with van der Waals surface area (Å²) in [5.74, 6) is 0.104. The van der Waals surface area contributed by atoms with E-state index in [0.29, 0.717) is 23.6 Å². The zero-order chi connectivity index (χ0) is 19.3. The van der Waals surface area contributed by atoms with Gasteiger partial charge in [-0.1, -0.05) is 42.5 Å². The maximum absolute atomic E-state index is 13.4. The summed E-state index contributed by atoms with van der Waals surface area (Å²) in [5, 5.41) is 0. The number of halogens is 1. The Morgan fingerprint density at radius 2 is 1.52 bits per heavy atom. The van der Waals surface area contributed by atoms with E-state index in [2.05, 4.69) is 0 Å². The molecular formula is C21H20FNO3S. The van der Waals surface area contributed by atoms with Gasteiger partial charge in [0, 0.05) is 0 Å². The van der Waals surface area contributed by atoms with Gasteiger partial charge in [0.1, 0.15) is 11.6 Å². The van der Waals surface area contributed by atoms with Gasteiger partial charge in [0.15, 0.2) is 0 Å². The third-order valence-electron chi connectivity index (χ3n) is 4.00. The van der Waals surface area contributed by atoms with Crippen molar-refractivity contribution >= 4 is 15.7 Å². The lowest BCUT2D eigenvalue weighted by atomic mass is 10.2. The van der Waals surface area contributed by atoms with E-state index < -0.39 is 10.0 Å². The average molecular weight is 385 g/mol. The first kappa shape index (κ1) is 18.9. The highest BCUT2D eigenvalue weighted by Gasteiger charge is 2.27. The molecule has 0 bridgehead atoms. The second-order valence-electron chi connectivity index (χ2n) is 5.85. The minimum atomic E-state index is -3.84. The first-order chi connectivity index (χ1) is 13.0. The molecule has 0 aliphatic rings. The number of anilines is 1. The van der Waals surface area contributed by atoms with Crippen LogP contribution in [-0.2, 0) is 16.6 Å². The van der Waals surface area contributed by atoms with Gasteiger partial charge in [-0.3, -0.25) is 4.31 Å². The lowest BCUT2D eigenvalue weighted by Gasteiger charge is -2.26. The molecule has 0 saturated heterocycles. The average Bonchev–Trinajstić information content (AvgIpc) is 2.69. The molecule has 0 fully saturated rings. The van der Waals surface area contributed by atoms with E-state index in [-0.39, 0.29) is 17.3 Å². The fourth-order valence-electron chi connectivity index (χ4n) is 2.72. The van der Waals surface area contributed by atoms with Gasteiger partial charge in [0.05, 0.1) is 23.7 Å². The molecule has 0 spiro atoms. The maximum Gasteiger partial charge on any atom is 0.264 e. The van der Waals surface area contributed by atoms with Crippen molar-refractivity contribution in [3.8, 4) is 5.75 Å². The van der Waals surface area contributed by atoms with Crippen LogP contribution in [0.3, 0.4) is 0 Å². The molecular weight excluding hydrogens is 365 g/mol. The molecule has 27 heavy (non-hydrogen) atoms. The fraction of sp³-hybridized carbons (Fsp3) is 0.143. The number of nitrogens with zero attached hydrogens (tertiary/aromatic N) is 1. The molecule has 3 aromatic carbocycles. The van der Waals surface area contributed by atoms with E-state index >= 15 is 0 Å². The van der Waals surface area contributed by atoms with Gasteiger partial charge in [-0.2, -0.15) is 0 Å². The Hall–Kier alpha value is -2.86. The second kappa shape index (κ2) is 8.22. The minimum Gasteiger partial charge on any atom is -0.492 e. The van der Waals surface area contributed by atoms with Gasteiger partial charge in [-0.25, -0.2) is 12.8 Å². The summed E-state index contributed by atoms with van der Waals surface area (Å²) in [6.45, 7) is 2.31. The number of benzene rings is 3. The van der Waals surface area contributed by atoms with Crippen LogP contribution in [0.25, 0.3) is 0 Å². The Labute approximate surface area is 158 Å². The number of hydrogen-bond donors (Lipinski definition) is 0. The highest BCUT2D eigenvalue weighted by molar-refractivity contribution is 7.92. The third kappa shape index (κ3) is 4.28. The molecule has 6 heteroatoms. The molecule has 0 saturated carbocycles. The molecule has 0 atom stereocenters. The van der Waals surface area contributed by atoms with E-state index in [1.54, 1.807) is 66.7 Å². The molecule has 0 unspecified atom stereocenters. The lowest BCUT2D eigenvalue weighted by Crippen LogP contribution is -2.31. The third-order valence-corrected chi connectivity index (χ3v) is 5.78. The molecule has 3 aromatic rings. The van der Waals surface area contributed by atoms with Gasteiger partial charge >= 0.3 is 0 Å². The van der Waals surface area contributed by atoms with Crippen LogP contribution in [0.2, 0.25) is 0 Å². The van der Waals surface area contributed by atoms with E-state index in [4.69, 9.17) is 4.74 Å². The summed E-state index contributed by atoms with van der Waals surface area (Å²) < 4.78 is 46.9. The van der Waals surface area contributed by atoms with Gasteiger partial charge in [0.2, 0.25) is 0 Å². The number of sulfonamides is 1. The Bertz CT molecular complexity index is 989. The molecule has 4 nitrogen and oxygen atoms in total. The predicted molar refractivity (Wildman–Crippen MR) is 104 cm³/mol. The topological polar surface area (TPSA) is 46.6 Å². The van der Waals surface area contributed by atoms with Crippen LogP contribution in [-0.4, -0.2) is 15.0 Å². The molecule has 0 aromatic heterocycles. The highest BCUT2D eigenvalue weighted by Crippen LogP contribution is 2.33. The summed E-state index contributed by atoms with van der Waals surface area (Å²) in [6.07, 6.45) is 0. The van der Waals surface area contributed by atoms with Crippen LogP contribution < -0.4 is 9.04 Å². The zero-order valence-electron chi connectivity index (χ0n) is 14.9. The molecule has 0 amide bonds. The normalized spacial score (nSPS) is 11.2. The van der Waals surface area contributed by atoms with Crippen molar-refractivity contribution in [2.75, 3.05) is 10.9 Å². The van der Waals surface area contributed by atoms with Crippen molar-refractivity contribution in [1.29, 1.82) is 0 Å². The number of hydrogen-bond acceptors (Lipinski definition) is 3. The summed E-state index contributed by atoms with van der Waals surface area (Å²) in [7, 11) is -3.84. The van der Waals surface area contributed by atoms with Gasteiger partial charge in [0.25, 0.3) is 10.0 Å². The second-order valence-corrected chi connectivity index (χ2v) is 7.71. The van der Waals surface area contributed by atoms with Gasteiger partial charge in [-0.05, 0) is 48.9 Å². The van der Waals surface area contributed by atoms with Gasteiger partial charge in [-0.15, -0.1) is 0 Å². The zero-order valence-corrected chi connectivity index (χ0v) is 15.7. The summed E-state index contributed by atoms with van der Waals surface area (Å²) in [5.41, 5.74) is 1.11. The van der Waals surface area contributed by atoms with E-state index in [1.807, 2.05) is 6.92 Å². The number of ether oxygens (including phenoxy) is 1. The Balaban J connectivity index is 2.11. The van der Waals surface area contributed by atoms with Crippen LogP contribution in [0.15, 0.2) is 83.8 Å². The first-order valence-corrected chi connectivity index (χ1v) is 10.0. The highest BCUT2D eigenvalue weighted by atomic mass is 32.2.